The molecule has 4 aromatic rings. The second-order valence-electron chi connectivity index (χ2n) is 7.78. The number of rotatable bonds is 5. The van der Waals surface area contributed by atoms with Gasteiger partial charge in [0.05, 0.1) is 12.0 Å². The number of hydrogen-bond acceptors (Lipinski definition) is 8. The summed E-state index contributed by atoms with van der Waals surface area (Å²) in [5, 5.41) is 1.57. The van der Waals surface area contributed by atoms with Crippen LogP contribution in [0, 0.1) is 5.92 Å². The van der Waals surface area contributed by atoms with Crippen LogP contribution in [0.4, 0.5) is 9.18 Å². The summed E-state index contributed by atoms with van der Waals surface area (Å²) in [7, 11) is -3.63. The van der Waals surface area contributed by atoms with Gasteiger partial charge in [-0.25, -0.2) is 17.6 Å². The number of hydrogen-bond donors (Lipinski definition) is 1. The zero-order valence-electron chi connectivity index (χ0n) is 17.6. The summed E-state index contributed by atoms with van der Waals surface area (Å²) in [5.41, 5.74) is 2.27. The number of nitrogens with zero attached hydrogens (tertiary/aromatic N) is 2. The van der Waals surface area contributed by atoms with E-state index in [-0.39, 0.29) is 17.7 Å². The number of methoxy groups -OCH3 is 1. The number of aromatic nitrogens is 3. The summed E-state index contributed by atoms with van der Waals surface area (Å²) in [6, 6.07) is 11.8. The average Bonchev–Trinajstić information content (AvgIpc) is 3.54. The summed E-state index contributed by atoms with van der Waals surface area (Å²) in [4.78, 5) is 18.1. The molecule has 0 spiro atoms. The summed E-state index contributed by atoms with van der Waals surface area (Å²) >= 11 is 6.14. The third-order valence-electron chi connectivity index (χ3n) is 5.87. The number of carbonyl (C=O) groups is 1. The number of alkyl halides is 1. The van der Waals surface area contributed by atoms with E-state index in [1.807, 2.05) is 6.07 Å². The highest BCUT2D eigenvalue weighted by Gasteiger charge is 2.59. The Balaban J connectivity index is 1.61. The molecule has 0 fully saturated rings. The molecular formula is C22H17ClFN3O6S. The van der Waals surface area contributed by atoms with Gasteiger partial charge in [-0.3, -0.25) is 0 Å². The zero-order valence-corrected chi connectivity index (χ0v) is 19.2. The number of fused-ring (bicyclic) bond motifs is 3. The first-order chi connectivity index (χ1) is 16.2. The van der Waals surface area contributed by atoms with Crippen LogP contribution in [0.2, 0.25) is 5.02 Å². The van der Waals surface area contributed by atoms with E-state index >= 15 is 4.39 Å². The van der Waals surface area contributed by atoms with E-state index in [1.165, 1.54) is 24.3 Å². The van der Waals surface area contributed by atoms with Crippen LogP contribution in [-0.4, -0.2) is 36.8 Å². The molecule has 9 nitrogen and oxygen atoms in total. The zero-order chi connectivity index (χ0) is 24.1. The third-order valence-corrected chi connectivity index (χ3v) is 8.29. The van der Waals surface area contributed by atoms with E-state index < -0.39 is 38.8 Å². The maximum Gasteiger partial charge on any atom is 0.516 e. The highest BCUT2D eigenvalue weighted by atomic mass is 35.5. The monoisotopic (exact) mass is 505 g/mol. The molecule has 0 amide bonds. The molecule has 1 N–H and O–H groups in total. The lowest BCUT2D eigenvalue weighted by Gasteiger charge is -2.27. The fourth-order valence-electron chi connectivity index (χ4n) is 4.30. The van der Waals surface area contributed by atoms with Gasteiger partial charge in [0.15, 0.2) is 0 Å². The first kappa shape index (κ1) is 22.4. The van der Waals surface area contributed by atoms with Crippen molar-refractivity contribution in [1.82, 2.24) is 15.1 Å². The highest BCUT2D eigenvalue weighted by Crippen LogP contribution is 2.49. The second kappa shape index (κ2) is 8.10. The Hall–Kier alpha value is -3.44. The smallest absolute Gasteiger partial charge is 0.437 e. The lowest BCUT2D eigenvalue weighted by atomic mass is 9.98. The molecule has 2 aromatic heterocycles. The van der Waals surface area contributed by atoms with Crippen molar-refractivity contribution in [3.05, 3.63) is 70.7 Å². The molecular weight excluding hydrogens is 489 g/mol. The molecule has 0 bridgehead atoms. The van der Waals surface area contributed by atoms with Gasteiger partial charge in [-0.15, -0.1) is 0 Å². The predicted molar refractivity (Wildman–Crippen MR) is 118 cm³/mol. The number of halogens is 2. The highest BCUT2D eigenvalue weighted by molar-refractivity contribution is 7.92. The Morgan fingerprint density at radius 2 is 2.00 bits per heavy atom. The minimum atomic E-state index is -4.69. The van der Waals surface area contributed by atoms with E-state index in [0.29, 0.717) is 10.7 Å². The van der Waals surface area contributed by atoms with Gasteiger partial charge in [0, 0.05) is 27.5 Å². The van der Waals surface area contributed by atoms with Gasteiger partial charge in [-0.1, -0.05) is 29.8 Å². The van der Waals surface area contributed by atoms with E-state index in [2.05, 4.69) is 24.6 Å². The lowest BCUT2D eigenvalue weighted by Crippen LogP contribution is -2.40. The lowest BCUT2D eigenvalue weighted by molar-refractivity contribution is 0.115. The number of aromatic amines is 1. The Morgan fingerprint density at radius 1 is 1.24 bits per heavy atom. The topological polar surface area (TPSA) is 124 Å². The second-order valence-corrected chi connectivity index (χ2v) is 10.3. The summed E-state index contributed by atoms with van der Waals surface area (Å²) in [6.07, 6.45) is -1.05. The van der Waals surface area contributed by atoms with Crippen LogP contribution in [0.25, 0.3) is 10.9 Å². The molecule has 0 saturated heterocycles. The van der Waals surface area contributed by atoms with Crippen LogP contribution in [-0.2, 0) is 32.4 Å². The van der Waals surface area contributed by atoms with E-state index in [9.17, 15) is 13.2 Å². The Kier molecular flexibility index (Phi) is 5.33. The summed E-state index contributed by atoms with van der Waals surface area (Å²) in [6.45, 7) is 0. The Bertz CT molecular complexity index is 1500. The van der Waals surface area contributed by atoms with Crippen molar-refractivity contribution in [1.29, 1.82) is 0 Å². The SMILES string of the molecule is COC(=O)Oc1noc(C(F)(C2Cc3[nH]c4ccc(Cl)cc4c3C2)S(=O)(=O)c2ccccc2)n1. The van der Waals surface area contributed by atoms with Gasteiger partial charge in [0.1, 0.15) is 0 Å². The number of sulfone groups is 1. The van der Waals surface area contributed by atoms with Gasteiger partial charge in [0.2, 0.25) is 9.84 Å². The summed E-state index contributed by atoms with van der Waals surface area (Å²) < 4.78 is 58.4. The van der Waals surface area contributed by atoms with E-state index in [0.717, 1.165) is 23.6 Å². The molecule has 2 unspecified atom stereocenters. The molecule has 0 saturated carbocycles. The third kappa shape index (κ3) is 3.43. The maximum absolute atomic E-state index is 17.1. The molecule has 2 atom stereocenters. The van der Waals surface area contributed by atoms with E-state index in [1.54, 1.807) is 18.2 Å². The largest absolute Gasteiger partial charge is 0.516 e. The number of H-pyrrole nitrogens is 1. The average molecular weight is 506 g/mol. The molecule has 1 aliphatic rings. The summed E-state index contributed by atoms with van der Waals surface area (Å²) in [5.74, 6) is -1.96. The van der Waals surface area contributed by atoms with Gasteiger partial charge in [-0.05, 0) is 53.9 Å². The molecule has 5 rings (SSSR count). The van der Waals surface area contributed by atoms with Crippen molar-refractivity contribution >= 4 is 38.5 Å². The van der Waals surface area contributed by atoms with Crippen molar-refractivity contribution in [3.63, 3.8) is 0 Å². The van der Waals surface area contributed by atoms with Crippen LogP contribution in [0.1, 0.15) is 17.1 Å². The number of nitrogens with one attached hydrogen (secondary N) is 1. The van der Waals surface area contributed by atoms with Crippen LogP contribution < -0.4 is 4.74 Å². The van der Waals surface area contributed by atoms with Gasteiger partial charge in [0.25, 0.3) is 10.9 Å². The van der Waals surface area contributed by atoms with Crippen LogP contribution in [0.3, 0.4) is 0 Å². The minimum Gasteiger partial charge on any atom is -0.437 e. The fourth-order valence-corrected chi connectivity index (χ4v) is 6.25. The fraction of sp³-hybridized carbons (Fsp3) is 0.227. The molecule has 0 radical (unpaired) electrons. The van der Waals surface area contributed by atoms with Crippen molar-refractivity contribution in [2.45, 2.75) is 22.7 Å². The van der Waals surface area contributed by atoms with E-state index in [4.69, 9.17) is 16.1 Å². The number of benzene rings is 2. The Morgan fingerprint density at radius 3 is 2.74 bits per heavy atom. The number of carbonyl (C=O) groups excluding carboxylic acids is 1. The van der Waals surface area contributed by atoms with Crippen LogP contribution in [0.5, 0.6) is 6.01 Å². The first-order valence-corrected chi connectivity index (χ1v) is 12.0. The van der Waals surface area contributed by atoms with Crippen molar-refractivity contribution in [2.75, 3.05) is 7.11 Å². The molecule has 2 heterocycles. The molecule has 0 aliphatic heterocycles. The van der Waals surface area contributed by atoms with Gasteiger partial charge < -0.3 is 19.0 Å². The molecule has 176 valence electrons. The first-order valence-electron chi connectivity index (χ1n) is 10.1. The predicted octanol–water partition coefficient (Wildman–Crippen LogP) is 4.36. The molecule has 1 aliphatic carbocycles. The Labute approximate surface area is 197 Å². The standard InChI is InChI=1S/C22H17ClFN3O6S/c1-31-21(28)32-20-26-19(33-27-20)22(24,34(29,30)14-5-3-2-4-6-14)12-9-15-16-11-13(23)7-8-17(16)25-18(15)10-12/h2-8,11-12,25H,9-10H2,1H3. The molecule has 34 heavy (non-hydrogen) atoms. The molecule has 2 aromatic carbocycles. The van der Waals surface area contributed by atoms with Crippen molar-refractivity contribution in [3.8, 4) is 6.01 Å². The molecule has 12 heteroatoms. The van der Waals surface area contributed by atoms with Crippen LogP contribution >= 0.6 is 11.6 Å². The van der Waals surface area contributed by atoms with Crippen molar-refractivity contribution < 1.29 is 31.6 Å². The van der Waals surface area contributed by atoms with Gasteiger partial charge in [-0.2, -0.15) is 4.98 Å². The quantitative estimate of drug-likeness (QED) is 0.397. The van der Waals surface area contributed by atoms with Crippen LogP contribution in [0.15, 0.2) is 57.9 Å². The van der Waals surface area contributed by atoms with Gasteiger partial charge >= 0.3 is 12.2 Å². The number of ether oxygens (including phenoxy) is 2. The maximum atomic E-state index is 17.1. The van der Waals surface area contributed by atoms with Crippen molar-refractivity contribution in [2.24, 2.45) is 5.92 Å². The minimum absolute atomic E-state index is 0.0553. The normalized spacial score (nSPS) is 17.3.